The number of aliphatic hydroxyl groups is 1. The largest absolute Gasteiger partial charge is 0.481 e. The van der Waals surface area contributed by atoms with Gasteiger partial charge in [0.2, 0.25) is 0 Å². The molecule has 0 aliphatic carbocycles. The third kappa shape index (κ3) is 11.8. The van der Waals surface area contributed by atoms with E-state index in [9.17, 15) is 14.7 Å². The molecule has 0 rings (SSSR count). The maximum absolute atomic E-state index is 11.6. The van der Waals surface area contributed by atoms with E-state index in [2.05, 4.69) is 6.08 Å². The van der Waals surface area contributed by atoms with Crippen LogP contribution < -0.4 is 0 Å². The number of carboxylic acid groups (broad SMARTS) is 1. The van der Waals surface area contributed by atoms with Gasteiger partial charge in [0.15, 0.2) is 5.78 Å². The van der Waals surface area contributed by atoms with Crippen LogP contribution in [-0.4, -0.2) is 27.6 Å². The molecule has 4 nitrogen and oxygen atoms in total. The van der Waals surface area contributed by atoms with Gasteiger partial charge in [0.05, 0.1) is 12.0 Å². The SMILES string of the molecule is C/C(=C\CC[C@@](C)(O)/C=C/C(=O)C(C)C)CC/C=C(\C)CC(=O)O. The van der Waals surface area contributed by atoms with Gasteiger partial charge in [-0.1, -0.05) is 37.1 Å². The number of carbonyl (C=O) groups excluding carboxylic acids is 1. The van der Waals surface area contributed by atoms with E-state index in [4.69, 9.17) is 5.11 Å². The maximum Gasteiger partial charge on any atom is 0.307 e. The highest BCUT2D eigenvalue weighted by Crippen LogP contribution is 2.17. The molecule has 0 heterocycles. The molecule has 0 aromatic heterocycles. The third-order valence-electron chi connectivity index (χ3n) is 3.78. The quantitative estimate of drug-likeness (QED) is 0.432. The Hall–Kier alpha value is -1.68. The molecule has 0 saturated heterocycles. The molecule has 0 unspecified atom stereocenters. The zero-order chi connectivity index (χ0) is 18.8. The van der Waals surface area contributed by atoms with Crippen LogP contribution >= 0.6 is 0 Å². The number of aliphatic carboxylic acids is 1. The molecule has 1 atom stereocenters. The van der Waals surface area contributed by atoms with Crippen molar-refractivity contribution in [3.8, 4) is 0 Å². The maximum atomic E-state index is 11.6. The highest BCUT2D eigenvalue weighted by Gasteiger charge is 2.16. The van der Waals surface area contributed by atoms with Crippen molar-refractivity contribution in [2.24, 2.45) is 5.92 Å². The van der Waals surface area contributed by atoms with Crippen LogP contribution in [0.2, 0.25) is 0 Å². The van der Waals surface area contributed by atoms with Gasteiger partial charge >= 0.3 is 5.97 Å². The van der Waals surface area contributed by atoms with Gasteiger partial charge in [-0.05, 0) is 58.6 Å². The average Bonchev–Trinajstić information content (AvgIpc) is 2.43. The first kappa shape index (κ1) is 22.3. The van der Waals surface area contributed by atoms with E-state index in [-0.39, 0.29) is 18.1 Å². The van der Waals surface area contributed by atoms with Crippen LogP contribution in [0.4, 0.5) is 0 Å². The number of hydrogen-bond donors (Lipinski definition) is 2. The Kier molecular flexibility index (Phi) is 10.2. The predicted octanol–water partition coefficient (Wildman–Crippen LogP) is 4.45. The molecule has 0 aliphatic rings. The lowest BCUT2D eigenvalue weighted by molar-refractivity contribution is -0.136. The summed E-state index contributed by atoms with van der Waals surface area (Å²) in [7, 11) is 0. The minimum atomic E-state index is -0.987. The van der Waals surface area contributed by atoms with Crippen molar-refractivity contribution in [3.63, 3.8) is 0 Å². The molecule has 24 heavy (non-hydrogen) atoms. The highest BCUT2D eigenvalue weighted by molar-refractivity contribution is 5.91. The summed E-state index contributed by atoms with van der Waals surface area (Å²) < 4.78 is 0. The first-order valence-electron chi connectivity index (χ1n) is 8.52. The van der Waals surface area contributed by atoms with E-state index in [0.717, 1.165) is 24.8 Å². The molecule has 0 bridgehead atoms. The van der Waals surface area contributed by atoms with E-state index in [0.29, 0.717) is 6.42 Å². The summed E-state index contributed by atoms with van der Waals surface area (Å²) in [5, 5.41) is 18.9. The van der Waals surface area contributed by atoms with Crippen LogP contribution in [-0.2, 0) is 9.59 Å². The Balaban J connectivity index is 4.28. The minimum Gasteiger partial charge on any atom is -0.481 e. The molecule has 0 saturated carbocycles. The van der Waals surface area contributed by atoms with Gasteiger partial charge in [-0.25, -0.2) is 0 Å². The van der Waals surface area contributed by atoms with E-state index in [1.54, 1.807) is 13.0 Å². The number of allylic oxidation sites excluding steroid dienone is 4. The monoisotopic (exact) mass is 336 g/mol. The Bertz CT molecular complexity index is 508. The summed E-state index contributed by atoms with van der Waals surface area (Å²) in [6, 6.07) is 0. The fraction of sp³-hybridized carbons (Fsp3) is 0.600. The van der Waals surface area contributed by atoms with Crippen LogP contribution in [0.5, 0.6) is 0 Å². The topological polar surface area (TPSA) is 74.6 Å². The molecule has 2 N–H and O–H groups in total. The van der Waals surface area contributed by atoms with Gasteiger partial charge in [-0.3, -0.25) is 9.59 Å². The predicted molar refractivity (Wildman–Crippen MR) is 97.8 cm³/mol. The van der Waals surface area contributed by atoms with E-state index < -0.39 is 11.6 Å². The number of hydrogen-bond acceptors (Lipinski definition) is 3. The van der Waals surface area contributed by atoms with Crippen molar-refractivity contribution in [2.45, 2.75) is 72.3 Å². The van der Waals surface area contributed by atoms with Crippen molar-refractivity contribution in [2.75, 3.05) is 0 Å². The average molecular weight is 336 g/mol. The second kappa shape index (κ2) is 11.0. The van der Waals surface area contributed by atoms with E-state index in [1.807, 2.05) is 33.8 Å². The number of ketones is 1. The molecular formula is C20H32O4. The van der Waals surface area contributed by atoms with Crippen molar-refractivity contribution >= 4 is 11.8 Å². The van der Waals surface area contributed by atoms with Crippen LogP contribution in [0.25, 0.3) is 0 Å². The normalized spacial score (nSPS) is 15.8. The molecule has 0 aliphatic heterocycles. The van der Waals surface area contributed by atoms with Gasteiger partial charge in [-0.2, -0.15) is 0 Å². The summed E-state index contributed by atoms with van der Waals surface area (Å²) in [6.45, 7) is 9.24. The summed E-state index contributed by atoms with van der Waals surface area (Å²) in [5.41, 5.74) is 1.10. The fourth-order valence-corrected chi connectivity index (χ4v) is 2.11. The van der Waals surface area contributed by atoms with Crippen molar-refractivity contribution in [3.05, 3.63) is 35.5 Å². The molecule has 0 aromatic rings. The van der Waals surface area contributed by atoms with E-state index in [1.165, 1.54) is 11.6 Å². The minimum absolute atomic E-state index is 0.0190. The highest BCUT2D eigenvalue weighted by atomic mass is 16.4. The van der Waals surface area contributed by atoms with Gasteiger partial charge in [0, 0.05) is 5.92 Å². The number of carbonyl (C=O) groups is 2. The number of rotatable bonds is 11. The molecule has 0 fully saturated rings. The Morgan fingerprint density at radius 3 is 2.21 bits per heavy atom. The van der Waals surface area contributed by atoms with Gasteiger partial charge in [-0.15, -0.1) is 0 Å². The number of carboxylic acids is 1. The summed E-state index contributed by atoms with van der Waals surface area (Å²) in [6.07, 6.45) is 10.2. The zero-order valence-electron chi connectivity index (χ0n) is 15.6. The zero-order valence-corrected chi connectivity index (χ0v) is 15.6. The lowest BCUT2D eigenvalue weighted by Gasteiger charge is -2.18. The van der Waals surface area contributed by atoms with Crippen molar-refractivity contribution in [1.82, 2.24) is 0 Å². The Morgan fingerprint density at radius 1 is 1.08 bits per heavy atom. The lowest BCUT2D eigenvalue weighted by Crippen LogP contribution is -2.21. The van der Waals surface area contributed by atoms with Crippen LogP contribution in [0.1, 0.15) is 66.7 Å². The van der Waals surface area contributed by atoms with Gasteiger partial charge < -0.3 is 10.2 Å². The van der Waals surface area contributed by atoms with Crippen LogP contribution in [0, 0.1) is 5.92 Å². The van der Waals surface area contributed by atoms with Crippen LogP contribution in [0.3, 0.4) is 0 Å². The van der Waals surface area contributed by atoms with Gasteiger partial charge in [0.25, 0.3) is 0 Å². The summed E-state index contributed by atoms with van der Waals surface area (Å²) in [5.74, 6) is -0.843. The fourth-order valence-electron chi connectivity index (χ4n) is 2.11. The second-order valence-corrected chi connectivity index (χ2v) is 7.00. The Labute approximate surface area is 146 Å². The first-order valence-corrected chi connectivity index (χ1v) is 8.52. The molecule has 0 radical (unpaired) electrons. The van der Waals surface area contributed by atoms with Crippen molar-refractivity contribution in [1.29, 1.82) is 0 Å². The lowest BCUT2D eigenvalue weighted by atomic mass is 9.96. The second-order valence-electron chi connectivity index (χ2n) is 7.00. The molecule has 4 heteroatoms. The first-order chi connectivity index (χ1) is 11.0. The summed E-state index contributed by atoms with van der Waals surface area (Å²) in [4.78, 5) is 22.1. The smallest absolute Gasteiger partial charge is 0.307 e. The molecule has 0 spiro atoms. The standard InChI is InChI=1S/C20H32O4/c1-15(2)18(21)11-13-20(5,24)12-7-10-16(3)8-6-9-17(4)14-19(22)23/h9-11,13,15,24H,6-8,12,14H2,1-5H3,(H,22,23)/b13-11+,16-10+,17-9+/t20-/m1/s1. The molecule has 0 aromatic carbocycles. The Morgan fingerprint density at radius 2 is 1.67 bits per heavy atom. The molecule has 136 valence electrons. The third-order valence-corrected chi connectivity index (χ3v) is 3.78. The van der Waals surface area contributed by atoms with Crippen LogP contribution in [0.15, 0.2) is 35.5 Å². The summed E-state index contributed by atoms with van der Waals surface area (Å²) >= 11 is 0. The van der Waals surface area contributed by atoms with Gasteiger partial charge in [0.1, 0.15) is 0 Å². The molecular weight excluding hydrogens is 304 g/mol. The molecule has 0 amide bonds. The van der Waals surface area contributed by atoms with E-state index >= 15 is 0 Å². The van der Waals surface area contributed by atoms with Crippen molar-refractivity contribution < 1.29 is 19.8 Å².